The summed E-state index contributed by atoms with van der Waals surface area (Å²) < 4.78 is 37.4. The molecule has 1 aromatic carbocycles. The van der Waals surface area contributed by atoms with Crippen LogP contribution in [0.2, 0.25) is 0 Å². The first-order valence-electron chi connectivity index (χ1n) is 5.78. The molecule has 1 heterocycles. The lowest BCUT2D eigenvalue weighted by Crippen LogP contribution is -2.18. The predicted molar refractivity (Wildman–Crippen MR) is 68.1 cm³/mol. The maximum Gasteiger partial charge on any atom is 0.417 e. The van der Waals surface area contributed by atoms with Crippen molar-refractivity contribution in [3.63, 3.8) is 0 Å². The Morgan fingerprint density at radius 1 is 1.15 bits per heavy atom. The van der Waals surface area contributed by atoms with Crippen LogP contribution >= 0.6 is 0 Å². The van der Waals surface area contributed by atoms with Crippen molar-refractivity contribution in [3.05, 3.63) is 53.7 Å². The van der Waals surface area contributed by atoms with Crippen molar-refractivity contribution in [3.8, 4) is 11.3 Å². The van der Waals surface area contributed by atoms with E-state index in [1.165, 1.54) is 13.1 Å². The highest BCUT2D eigenvalue weighted by Gasteiger charge is 2.30. The van der Waals surface area contributed by atoms with E-state index >= 15 is 0 Å². The van der Waals surface area contributed by atoms with Crippen LogP contribution in [-0.4, -0.2) is 17.9 Å². The van der Waals surface area contributed by atoms with Gasteiger partial charge in [-0.25, -0.2) is 0 Å². The van der Waals surface area contributed by atoms with E-state index in [1.54, 1.807) is 24.3 Å². The fourth-order valence-corrected chi connectivity index (χ4v) is 1.76. The highest BCUT2D eigenvalue weighted by Crippen LogP contribution is 2.30. The molecule has 20 heavy (non-hydrogen) atoms. The number of carbonyl (C=O) groups is 1. The van der Waals surface area contributed by atoms with Crippen LogP contribution < -0.4 is 5.32 Å². The molecular weight excluding hydrogens is 269 g/mol. The van der Waals surface area contributed by atoms with E-state index in [9.17, 15) is 18.0 Å². The SMILES string of the molecule is CNC(=O)c1ccccc1-c1ccc(C(F)(F)F)cn1. The third kappa shape index (κ3) is 2.79. The van der Waals surface area contributed by atoms with Gasteiger partial charge < -0.3 is 5.32 Å². The lowest BCUT2D eigenvalue weighted by atomic mass is 10.0. The van der Waals surface area contributed by atoms with Gasteiger partial charge in [0.15, 0.2) is 0 Å². The van der Waals surface area contributed by atoms with Gasteiger partial charge >= 0.3 is 6.18 Å². The van der Waals surface area contributed by atoms with Crippen molar-refractivity contribution in [2.24, 2.45) is 0 Å². The standard InChI is InChI=1S/C14H11F3N2O/c1-18-13(20)11-5-3-2-4-10(11)12-7-6-9(8-19-12)14(15,16)17/h2-8H,1H3,(H,18,20). The number of nitrogens with one attached hydrogen (secondary N) is 1. The molecule has 0 radical (unpaired) electrons. The van der Waals surface area contributed by atoms with Crippen LogP contribution in [-0.2, 0) is 6.18 Å². The summed E-state index contributed by atoms with van der Waals surface area (Å²) in [6, 6.07) is 8.81. The topological polar surface area (TPSA) is 42.0 Å². The predicted octanol–water partition coefficient (Wildman–Crippen LogP) is 3.13. The Balaban J connectivity index is 2.45. The monoisotopic (exact) mass is 280 g/mol. The van der Waals surface area contributed by atoms with Gasteiger partial charge in [0.05, 0.1) is 11.3 Å². The number of hydrogen-bond donors (Lipinski definition) is 1. The number of benzene rings is 1. The van der Waals surface area contributed by atoms with E-state index in [1.807, 2.05) is 0 Å². The van der Waals surface area contributed by atoms with Crippen LogP contribution in [0.25, 0.3) is 11.3 Å². The fraction of sp³-hybridized carbons (Fsp3) is 0.143. The zero-order valence-corrected chi connectivity index (χ0v) is 10.5. The number of amides is 1. The number of rotatable bonds is 2. The Bertz CT molecular complexity index is 621. The van der Waals surface area contributed by atoms with Gasteiger partial charge in [0.1, 0.15) is 0 Å². The van der Waals surface area contributed by atoms with Crippen molar-refractivity contribution < 1.29 is 18.0 Å². The van der Waals surface area contributed by atoms with Crippen LogP contribution in [0.3, 0.4) is 0 Å². The van der Waals surface area contributed by atoms with Crippen LogP contribution in [0, 0.1) is 0 Å². The molecule has 0 unspecified atom stereocenters. The van der Waals surface area contributed by atoms with Crippen molar-refractivity contribution in [1.29, 1.82) is 0 Å². The van der Waals surface area contributed by atoms with Gasteiger partial charge in [-0.05, 0) is 18.2 Å². The van der Waals surface area contributed by atoms with Gasteiger partial charge in [-0.3, -0.25) is 9.78 Å². The Kier molecular flexibility index (Phi) is 3.74. The summed E-state index contributed by atoms with van der Waals surface area (Å²) in [5, 5.41) is 2.48. The van der Waals surface area contributed by atoms with Crippen molar-refractivity contribution >= 4 is 5.91 Å². The molecule has 0 saturated carbocycles. The van der Waals surface area contributed by atoms with E-state index in [4.69, 9.17) is 0 Å². The minimum absolute atomic E-state index is 0.317. The smallest absolute Gasteiger partial charge is 0.355 e. The Morgan fingerprint density at radius 3 is 2.40 bits per heavy atom. The van der Waals surface area contributed by atoms with Crippen molar-refractivity contribution in [1.82, 2.24) is 10.3 Å². The summed E-state index contributed by atoms with van der Waals surface area (Å²) in [7, 11) is 1.49. The molecule has 0 aliphatic carbocycles. The summed E-state index contributed by atoms with van der Waals surface area (Å²) in [6.45, 7) is 0. The first-order chi connectivity index (χ1) is 9.43. The molecule has 0 atom stereocenters. The molecule has 0 spiro atoms. The minimum atomic E-state index is -4.42. The Labute approximate surface area is 113 Å². The van der Waals surface area contributed by atoms with Gasteiger partial charge in [0.2, 0.25) is 0 Å². The van der Waals surface area contributed by atoms with Crippen LogP contribution in [0.15, 0.2) is 42.6 Å². The third-order valence-corrected chi connectivity index (χ3v) is 2.77. The number of hydrogen-bond acceptors (Lipinski definition) is 2. The maximum absolute atomic E-state index is 12.5. The second-order valence-corrected chi connectivity index (χ2v) is 4.05. The van der Waals surface area contributed by atoms with E-state index in [0.717, 1.165) is 12.3 Å². The Hall–Kier alpha value is -2.37. The second-order valence-electron chi connectivity index (χ2n) is 4.05. The van der Waals surface area contributed by atoms with Crippen LogP contribution in [0.5, 0.6) is 0 Å². The van der Waals surface area contributed by atoms with Gasteiger partial charge in [0.25, 0.3) is 5.91 Å². The van der Waals surface area contributed by atoms with E-state index in [-0.39, 0.29) is 5.91 Å². The lowest BCUT2D eigenvalue weighted by molar-refractivity contribution is -0.137. The highest BCUT2D eigenvalue weighted by atomic mass is 19.4. The quantitative estimate of drug-likeness (QED) is 0.918. The molecule has 3 nitrogen and oxygen atoms in total. The summed E-state index contributed by atoms with van der Waals surface area (Å²) in [5.74, 6) is -0.317. The number of alkyl halides is 3. The summed E-state index contributed by atoms with van der Waals surface area (Å²) in [6.07, 6.45) is -3.66. The second kappa shape index (κ2) is 5.32. The summed E-state index contributed by atoms with van der Waals surface area (Å²) in [5.41, 5.74) is 0.346. The number of aromatic nitrogens is 1. The molecule has 2 aromatic rings. The average molecular weight is 280 g/mol. The largest absolute Gasteiger partial charge is 0.417 e. The Morgan fingerprint density at radius 2 is 1.85 bits per heavy atom. The molecule has 2 rings (SSSR count). The molecule has 0 aliphatic heterocycles. The number of pyridine rings is 1. The minimum Gasteiger partial charge on any atom is -0.355 e. The van der Waals surface area contributed by atoms with E-state index < -0.39 is 11.7 Å². The zero-order valence-electron chi connectivity index (χ0n) is 10.5. The first-order valence-corrected chi connectivity index (χ1v) is 5.78. The molecule has 0 bridgehead atoms. The molecular formula is C14H11F3N2O. The maximum atomic E-state index is 12.5. The van der Waals surface area contributed by atoms with Crippen LogP contribution in [0.4, 0.5) is 13.2 Å². The normalized spacial score (nSPS) is 11.2. The molecule has 1 N–H and O–H groups in total. The lowest BCUT2D eigenvalue weighted by Gasteiger charge is -2.09. The first kappa shape index (κ1) is 14.0. The highest BCUT2D eigenvalue weighted by molar-refractivity contribution is 6.00. The molecule has 0 saturated heterocycles. The van der Waals surface area contributed by atoms with Gasteiger partial charge in [-0.1, -0.05) is 18.2 Å². The third-order valence-electron chi connectivity index (χ3n) is 2.77. The van der Waals surface area contributed by atoms with Gasteiger partial charge in [-0.15, -0.1) is 0 Å². The number of carbonyl (C=O) groups excluding carboxylic acids is 1. The number of halogens is 3. The van der Waals surface area contributed by atoms with Crippen molar-refractivity contribution in [2.75, 3.05) is 7.05 Å². The number of nitrogens with zero attached hydrogens (tertiary/aromatic N) is 1. The summed E-state index contributed by atoms with van der Waals surface area (Å²) in [4.78, 5) is 15.5. The molecule has 0 fully saturated rings. The van der Waals surface area contributed by atoms with E-state index in [0.29, 0.717) is 16.8 Å². The molecule has 0 aliphatic rings. The van der Waals surface area contributed by atoms with Gasteiger partial charge in [0, 0.05) is 24.4 Å². The fourth-order valence-electron chi connectivity index (χ4n) is 1.76. The molecule has 6 heteroatoms. The van der Waals surface area contributed by atoms with E-state index in [2.05, 4.69) is 10.3 Å². The molecule has 104 valence electrons. The zero-order chi connectivity index (χ0) is 14.8. The molecule has 1 aromatic heterocycles. The summed E-state index contributed by atoms with van der Waals surface area (Å²) >= 11 is 0. The van der Waals surface area contributed by atoms with Crippen molar-refractivity contribution in [2.45, 2.75) is 6.18 Å². The average Bonchev–Trinajstić information content (AvgIpc) is 2.45. The van der Waals surface area contributed by atoms with Crippen LogP contribution in [0.1, 0.15) is 15.9 Å². The van der Waals surface area contributed by atoms with Gasteiger partial charge in [-0.2, -0.15) is 13.2 Å². The molecule has 1 amide bonds.